The zero-order chi connectivity index (χ0) is 15.5. The van der Waals surface area contributed by atoms with Crippen molar-refractivity contribution in [3.63, 3.8) is 0 Å². The Hall–Kier alpha value is -2.30. The fraction of sp³-hybridized carbons (Fsp3) is 0. The lowest BCUT2D eigenvalue weighted by molar-refractivity contribution is 0.560. The van der Waals surface area contributed by atoms with E-state index in [-0.39, 0.29) is 5.56 Å². The van der Waals surface area contributed by atoms with Crippen LogP contribution < -0.4 is 11.1 Å². The first-order chi connectivity index (χ1) is 10.6. The number of hydrazone groups is 1. The number of nitrogens with zero attached hydrogens (tertiary/aromatic N) is 1. The first-order valence-corrected chi connectivity index (χ1v) is 7.17. The van der Waals surface area contributed by atoms with Gasteiger partial charge in [-0.25, -0.2) is 4.79 Å². The van der Waals surface area contributed by atoms with Crippen molar-refractivity contribution in [1.82, 2.24) is 0 Å². The molecule has 22 heavy (non-hydrogen) atoms. The van der Waals surface area contributed by atoms with E-state index in [1.165, 1.54) is 6.21 Å². The van der Waals surface area contributed by atoms with Crippen molar-refractivity contribution >= 4 is 46.1 Å². The average molecular weight is 333 g/mol. The normalized spacial score (nSPS) is 11.2. The summed E-state index contributed by atoms with van der Waals surface area (Å²) in [6, 6.07) is 14.1. The molecule has 0 saturated heterocycles. The third-order valence-electron chi connectivity index (χ3n) is 2.99. The molecule has 4 nitrogen and oxygen atoms in total. The Labute approximate surface area is 136 Å². The van der Waals surface area contributed by atoms with Gasteiger partial charge in [0.2, 0.25) is 0 Å². The lowest BCUT2D eigenvalue weighted by Crippen LogP contribution is -2.08. The van der Waals surface area contributed by atoms with E-state index < -0.39 is 5.63 Å². The Bertz CT molecular complexity index is 919. The highest BCUT2D eigenvalue weighted by atomic mass is 35.5. The van der Waals surface area contributed by atoms with Crippen LogP contribution in [-0.2, 0) is 0 Å². The number of para-hydroxylation sites is 1. The Morgan fingerprint density at radius 2 is 1.91 bits per heavy atom. The largest absolute Gasteiger partial charge is 0.422 e. The Morgan fingerprint density at radius 3 is 2.73 bits per heavy atom. The molecule has 0 spiro atoms. The molecular formula is C16H10Cl2N2O2. The maximum Gasteiger partial charge on any atom is 0.346 e. The highest BCUT2D eigenvalue weighted by Crippen LogP contribution is 2.23. The minimum absolute atomic E-state index is 0.190. The molecule has 0 saturated carbocycles. The molecule has 110 valence electrons. The van der Waals surface area contributed by atoms with Crippen molar-refractivity contribution in [2.24, 2.45) is 5.10 Å². The maximum atomic E-state index is 12.0. The van der Waals surface area contributed by atoms with Crippen LogP contribution in [0.2, 0.25) is 10.0 Å². The summed E-state index contributed by atoms with van der Waals surface area (Å²) in [7, 11) is 0. The molecule has 2 aromatic carbocycles. The topological polar surface area (TPSA) is 54.6 Å². The van der Waals surface area contributed by atoms with E-state index in [1.807, 2.05) is 6.07 Å². The van der Waals surface area contributed by atoms with Gasteiger partial charge in [-0.1, -0.05) is 41.4 Å². The van der Waals surface area contributed by atoms with Gasteiger partial charge in [0.1, 0.15) is 5.58 Å². The molecule has 1 heterocycles. The number of anilines is 1. The van der Waals surface area contributed by atoms with E-state index in [9.17, 15) is 4.79 Å². The van der Waals surface area contributed by atoms with Gasteiger partial charge >= 0.3 is 5.63 Å². The van der Waals surface area contributed by atoms with E-state index in [0.717, 1.165) is 0 Å². The van der Waals surface area contributed by atoms with E-state index in [2.05, 4.69) is 10.5 Å². The molecule has 0 fully saturated rings. The highest BCUT2D eigenvalue weighted by molar-refractivity contribution is 6.37. The monoisotopic (exact) mass is 332 g/mol. The molecule has 0 aliphatic heterocycles. The summed E-state index contributed by atoms with van der Waals surface area (Å²) in [4.78, 5) is 12.0. The highest BCUT2D eigenvalue weighted by Gasteiger charge is 2.10. The minimum Gasteiger partial charge on any atom is -0.422 e. The number of nitrogens with one attached hydrogen (secondary N) is 1. The fourth-order valence-corrected chi connectivity index (χ4v) is 2.44. The second kappa shape index (κ2) is 6.22. The van der Waals surface area contributed by atoms with Crippen LogP contribution in [0.1, 0.15) is 5.56 Å². The lowest BCUT2D eigenvalue weighted by atomic mass is 10.2. The van der Waals surface area contributed by atoms with Gasteiger partial charge in [0.15, 0.2) is 0 Å². The molecule has 0 radical (unpaired) electrons. The average Bonchev–Trinajstić information content (AvgIpc) is 2.51. The molecule has 0 amide bonds. The SMILES string of the molecule is O=c1oc2ccccc2c(Cl)c1C=NNc1cccc(Cl)c1. The number of hydrogen-bond donors (Lipinski definition) is 1. The molecule has 0 bridgehead atoms. The van der Waals surface area contributed by atoms with Gasteiger partial charge in [-0.05, 0) is 30.3 Å². The van der Waals surface area contributed by atoms with E-state index in [4.69, 9.17) is 27.6 Å². The maximum absolute atomic E-state index is 12.0. The summed E-state index contributed by atoms with van der Waals surface area (Å²) in [6.45, 7) is 0. The predicted molar refractivity (Wildman–Crippen MR) is 90.2 cm³/mol. The molecule has 0 atom stereocenters. The van der Waals surface area contributed by atoms with Crippen LogP contribution in [-0.4, -0.2) is 6.21 Å². The standard InChI is InChI=1S/C16H10Cl2N2O2/c17-10-4-3-5-11(8-10)20-19-9-13-15(18)12-6-1-2-7-14(12)22-16(13)21/h1-9,20H. The molecule has 6 heteroatoms. The van der Waals surface area contributed by atoms with E-state index in [1.54, 1.807) is 42.5 Å². The van der Waals surface area contributed by atoms with Crippen LogP contribution in [0.4, 0.5) is 5.69 Å². The van der Waals surface area contributed by atoms with E-state index >= 15 is 0 Å². The smallest absolute Gasteiger partial charge is 0.346 e. The number of fused-ring (bicyclic) bond motifs is 1. The summed E-state index contributed by atoms with van der Waals surface area (Å²) in [5.74, 6) is 0. The fourth-order valence-electron chi connectivity index (χ4n) is 1.97. The van der Waals surface area contributed by atoms with Gasteiger partial charge in [0.05, 0.1) is 22.5 Å². The van der Waals surface area contributed by atoms with Crippen molar-refractivity contribution < 1.29 is 4.42 Å². The Kier molecular flexibility index (Phi) is 4.13. The molecule has 0 aliphatic carbocycles. The van der Waals surface area contributed by atoms with Crippen molar-refractivity contribution in [2.45, 2.75) is 0 Å². The Morgan fingerprint density at radius 1 is 1.09 bits per heavy atom. The first-order valence-electron chi connectivity index (χ1n) is 6.41. The summed E-state index contributed by atoms with van der Waals surface area (Å²) in [5, 5.41) is 5.56. The summed E-state index contributed by atoms with van der Waals surface area (Å²) in [6.07, 6.45) is 1.33. The van der Waals surface area contributed by atoms with Gasteiger partial charge in [-0.3, -0.25) is 5.43 Å². The number of benzene rings is 2. The van der Waals surface area contributed by atoms with Gasteiger partial charge in [0.25, 0.3) is 0 Å². The van der Waals surface area contributed by atoms with Crippen molar-refractivity contribution in [1.29, 1.82) is 0 Å². The summed E-state index contributed by atoms with van der Waals surface area (Å²) >= 11 is 12.1. The number of hydrogen-bond acceptors (Lipinski definition) is 4. The third kappa shape index (κ3) is 2.98. The zero-order valence-electron chi connectivity index (χ0n) is 11.2. The second-order valence-electron chi connectivity index (χ2n) is 4.49. The lowest BCUT2D eigenvalue weighted by Gasteiger charge is -2.03. The van der Waals surface area contributed by atoms with Crippen LogP contribution in [0.3, 0.4) is 0 Å². The number of halogens is 2. The van der Waals surface area contributed by atoms with Gasteiger partial charge in [-0.15, -0.1) is 0 Å². The molecule has 0 aliphatic rings. The third-order valence-corrected chi connectivity index (χ3v) is 3.64. The van der Waals surface area contributed by atoms with Crippen molar-refractivity contribution in [3.05, 3.63) is 74.6 Å². The number of rotatable bonds is 3. The second-order valence-corrected chi connectivity index (χ2v) is 5.31. The summed E-state index contributed by atoms with van der Waals surface area (Å²) < 4.78 is 5.22. The van der Waals surface area contributed by atoms with Gasteiger partial charge < -0.3 is 4.42 Å². The molecule has 3 rings (SSSR count). The first kappa shape index (κ1) is 14.6. The van der Waals surface area contributed by atoms with Crippen molar-refractivity contribution in [2.75, 3.05) is 5.43 Å². The molecule has 1 N–H and O–H groups in total. The predicted octanol–water partition coefficient (Wildman–Crippen LogP) is 4.55. The minimum atomic E-state index is -0.541. The van der Waals surface area contributed by atoms with Crippen LogP contribution in [0.25, 0.3) is 11.0 Å². The van der Waals surface area contributed by atoms with Crippen LogP contribution >= 0.6 is 23.2 Å². The summed E-state index contributed by atoms with van der Waals surface area (Å²) in [5.41, 5.74) is 3.57. The van der Waals surface area contributed by atoms with E-state index in [0.29, 0.717) is 26.7 Å². The molecule has 0 unspecified atom stereocenters. The zero-order valence-corrected chi connectivity index (χ0v) is 12.7. The Balaban J connectivity index is 1.93. The van der Waals surface area contributed by atoms with Crippen molar-refractivity contribution in [3.8, 4) is 0 Å². The molecular weight excluding hydrogens is 323 g/mol. The quantitative estimate of drug-likeness (QED) is 0.435. The van der Waals surface area contributed by atoms with Gasteiger partial charge in [0, 0.05) is 10.4 Å². The van der Waals surface area contributed by atoms with Crippen LogP contribution in [0, 0.1) is 0 Å². The molecule has 1 aromatic heterocycles. The van der Waals surface area contributed by atoms with Crippen LogP contribution in [0.5, 0.6) is 0 Å². The van der Waals surface area contributed by atoms with Gasteiger partial charge in [-0.2, -0.15) is 5.10 Å². The molecule has 3 aromatic rings. The van der Waals surface area contributed by atoms with Crippen LogP contribution in [0.15, 0.2) is 62.8 Å².